The van der Waals surface area contributed by atoms with Gasteiger partial charge in [-0.3, -0.25) is 9.10 Å². The van der Waals surface area contributed by atoms with Crippen LogP contribution in [-0.4, -0.2) is 33.9 Å². The normalized spacial score (nSPS) is 11.0. The van der Waals surface area contributed by atoms with Crippen molar-refractivity contribution >= 4 is 44.6 Å². The third kappa shape index (κ3) is 4.52. The fourth-order valence-electron chi connectivity index (χ4n) is 2.68. The number of anilines is 2. The molecule has 3 aromatic rings. The molecule has 0 saturated carbocycles. The van der Waals surface area contributed by atoms with Crippen molar-refractivity contribution in [2.45, 2.75) is 11.1 Å². The molecule has 7 nitrogen and oxygen atoms in total. The number of para-hydroxylation sites is 1. The summed E-state index contributed by atoms with van der Waals surface area (Å²) in [5, 5.41) is 4.39. The van der Waals surface area contributed by atoms with Gasteiger partial charge >= 0.3 is 5.97 Å². The van der Waals surface area contributed by atoms with E-state index >= 15 is 0 Å². The molecule has 9 heteroatoms. The van der Waals surface area contributed by atoms with E-state index in [0.717, 1.165) is 15.6 Å². The highest BCUT2D eigenvalue weighted by Crippen LogP contribution is 2.25. The summed E-state index contributed by atoms with van der Waals surface area (Å²) in [7, 11) is -2.19. The van der Waals surface area contributed by atoms with Gasteiger partial charge in [0.2, 0.25) is 0 Å². The number of amides is 1. The topological polar surface area (TPSA) is 92.8 Å². The minimum atomic E-state index is -3.65. The van der Waals surface area contributed by atoms with Crippen molar-refractivity contribution in [2.75, 3.05) is 23.3 Å². The fourth-order valence-corrected chi connectivity index (χ4v) is 5.04. The first kappa shape index (κ1) is 21.5. The SMILES string of the molecule is CCOC(=O)c1ccccc1NC(=O)c1ccc(N(C)S(=O)(=O)c2cccs2)cc1. The lowest BCUT2D eigenvalue weighted by molar-refractivity contribution is 0.0527. The van der Waals surface area contributed by atoms with Crippen LogP contribution in [0.5, 0.6) is 0 Å². The Labute approximate surface area is 179 Å². The summed E-state index contributed by atoms with van der Waals surface area (Å²) in [5.74, 6) is -0.953. The van der Waals surface area contributed by atoms with E-state index in [1.165, 1.54) is 19.2 Å². The molecule has 0 saturated heterocycles. The first-order valence-corrected chi connectivity index (χ1v) is 11.4. The van der Waals surface area contributed by atoms with Crippen molar-refractivity contribution < 1.29 is 22.7 Å². The summed E-state index contributed by atoms with van der Waals surface area (Å²) in [4.78, 5) is 24.7. The smallest absolute Gasteiger partial charge is 0.340 e. The molecule has 0 atom stereocenters. The van der Waals surface area contributed by atoms with E-state index in [9.17, 15) is 18.0 Å². The third-order valence-corrected chi connectivity index (χ3v) is 7.43. The zero-order valence-corrected chi connectivity index (χ0v) is 18.0. The van der Waals surface area contributed by atoms with Crippen molar-refractivity contribution in [3.8, 4) is 0 Å². The predicted octanol–water partition coefficient (Wildman–Crippen LogP) is 4.00. The van der Waals surface area contributed by atoms with E-state index in [0.29, 0.717) is 16.9 Å². The molecule has 1 aromatic heterocycles. The van der Waals surface area contributed by atoms with Crippen LogP contribution in [0, 0.1) is 0 Å². The molecule has 0 unspecified atom stereocenters. The largest absolute Gasteiger partial charge is 0.462 e. The lowest BCUT2D eigenvalue weighted by Crippen LogP contribution is -2.25. The molecule has 2 aromatic carbocycles. The molecule has 0 radical (unpaired) electrons. The number of thiophene rings is 1. The average molecular weight is 445 g/mol. The second-order valence-electron chi connectivity index (χ2n) is 6.17. The van der Waals surface area contributed by atoms with Crippen molar-refractivity contribution in [3.63, 3.8) is 0 Å². The van der Waals surface area contributed by atoms with Crippen LogP contribution in [0.3, 0.4) is 0 Å². The van der Waals surface area contributed by atoms with Gasteiger partial charge in [0.1, 0.15) is 4.21 Å². The molecule has 0 aliphatic rings. The Bertz CT molecular complexity index is 1140. The maximum absolute atomic E-state index is 12.6. The quantitative estimate of drug-likeness (QED) is 0.556. The highest BCUT2D eigenvalue weighted by molar-refractivity contribution is 7.94. The molecule has 1 N–H and O–H groups in total. The second-order valence-corrected chi connectivity index (χ2v) is 9.32. The first-order chi connectivity index (χ1) is 14.3. The van der Waals surface area contributed by atoms with Gasteiger partial charge in [-0.25, -0.2) is 13.2 Å². The number of rotatable bonds is 7. The number of benzene rings is 2. The van der Waals surface area contributed by atoms with Crippen LogP contribution in [0.1, 0.15) is 27.6 Å². The molecule has 156 valence electrons. The Morgan fingerprint density at radius 1 is 1.03 bits per heavy atom. The summed E-state index contributed by atoms with van der Waals surface area (Å²) >= 11 is 1.14. The van der Waals surface area contributed by atoms with Crippen LogP contribution in [0.4, 0.5) is 11.4 Å². The number of carbonyl (C=O) groups excluding carboxylic acids is 2. The van der Waals surface area contributed by atoms with Gasteiger partial charge in [-0.15, -0.1) is 11.3 Å². The predicted molar refractivity (Wildman–Crippen MR) is 117 cm³/mol. The van der Waals surface area contributed by atoms with Crippen LogP contribution in [-0.2, 0) is 14.8 Å². The molecular formula is C21H20N2O5S2. The second kappa shape index (κ2) is 9.10. The van der Waals surface area contributed by atoms with E-state index in [4.69, 9.17) is 4.74 Å². The van der Waals surface area contributed by atoms with Gasteiger partial charge in [0.15, 0.2) is 0 Å². The Hall–Kier alpha value is -3.17. The molecule has 1 amide bonds. The van der Waals surface area contributed by atoms with Crippen LogP contribution in [0.15, 0.2) is 70.3 Å². The van der Waals surface area contributed by atoms with E-state index < -0.39 is 21.9 Å². The minimum absolute atomic E-state index is 0.227. The van der Waals surface area contributed by atoms with Crippen molar-refractivity contribution in [1.82, 2.24) is 0 Å². The number of carbonyl (C=O) groups is 2. The highest BCUT2D eigenvalue weighted by Gasteiger charge is 2.22. The van der Waals surface area contributed by atoms with Crippen LogP contribution >= 0.6 is 11.3 Å². The summed E-state index contributed by atoms with van der Waals surface area (Å²) < 4.78 is 31.7. The third-order valence-electron chi connectivity index (χ3n) is 4.27. The standard InChI is InChI=1S/C21H20N2O5S2/c1-3-28-21(25)17-7-4-5-8-18(17)22-20(24)15-10-12-16(13-11-15)23(2)30(26,27)19-9-6-14-29-19/h4-14H,3H2,1-2H3,(H,22,24). The van der Waals surface area contributed by atoms with Crippen LogP contribution < -0.4 is 9.62 Å². The van der Waals surface area contributed by atoms with E-state index in [1.807, 2.05) is 0 Å². The van der Waals surface area contributed by atoms with Crippen LogP contribution in [0.2, 0.25) is 0 Å². The Morgan fingerprint density at radius 2 is 1.73 bits per heavy atom. The maximum atomic E-state index is 12.6. The highest BCUT2D eigenvalue weighted by atomic mass is 32.2. The molecule has 30 heavy (non-hydrogen) atoms. The van der Waals surface area contributed by atoms with Gasteiger partial charge < -0.3 is 10.1 Å². The zero-order chi connectivity index (χ0) is 21.7. The minimum Gasteiger partial charge on any atom is -0.462 e. The van der Waals surface area contributed by atoms with Gasteiger partial charge in [-0.05, 0) is 54.8 Å². The van der Waals surface area contributed by atoms with Gasteiger partial charge in [0.05, 0.1) is 23.5 Å². The van der Waals surface area contributed by atoms with Gasteiger partial charge in [0, 0.05) is 12.6 Å². The summed E-state index contributed by atoms with van der Waals surface area (Å²) in [6.07, 6.45) is 0. The summed E-state index contributed by atoms with van der Waals surface area (Å²) in [6, 6.07) is 15.9. The molecular weight excluding hydrogens is 424 g/mol. The monoisotopic (exact) mass is 444 g/mol. The fraction of sp³-hybridized carbons (Fsp3) is 0.143. The zero-order valence-electron chi connectivity index (χ0n) is 16.4. The molecule has 1 heterocycles. The Morgan fingerprint density at radius 3 is 2.37 bits per heavy atom. The first-order valence-electron chi connectivity index (χ1n) is 9.04. The Kier molecular flexibility index (Phi) is 6.53. The van der Waals surface area contributed by atoms with E-state index in [1.54, 1.807) is 60.8 Å². The molecule has 0 aliphatic carbocycles. The Balaban J connectivity index is 1.77. The van der Waals surface area contributed by atoms with Gasteiger partial charge in [-0.2, -0.15) is 0 Å². The van der Waals surface area contributed by atoms with Crippen molar-refractivity contribution in [2.24, 2.45) is 0 Å². The number of hydrogen-bond acceptors (Lipinski definition) is 6. The van der Waals surface area contributed by atoms with Gasteiger partial charge in [-0.1, -0.05) is 18.2 Å². The van der Waals surface area contributed by atoms with E-state index in [-0.39, 0.29) is 16.4 Å². The molecule has 0 spiro atoms. The lowest BCUT2D eigenvalue weighted by atomic mass is 10.1. The summed E-state index contributed by atoms with van der Waals surface area (Å²) in [6.45, 7) is 1.93. The number of esters is 1. The lowest BCUT2D eigenvalue weighted by Gasteiger charge is -2.18. The van der Waals surface area contributed by atoms with Crippen LogP contribution in [0.25, 0.3) is 0 Å². The average Bonchev–Trinajstić information content (AvgIpc) is 3.30. The van der Waals surface area contributed by atoms with Crippen molar-refractivity contribution in [1.29, 1.82) is 0 Å². The number of ether oxygens (including phenoxy) is 1. The molecule has 0 aliphatic heterocycles. The molecule has 3 rings (SSSR count). The number of hydrogen-bond donors (Lipinski definition) is 1. The number of nitrogens with one attached hydrogen (secondary N) is 1. The maximum Gasteiger partial charge on any atom is 0.340 e. The number of sulfonamides is 1. The van der Waals surface area contributed by atoms with E-state index in [2.05, 4.69) is 5.32 Å². The van der Waals surface area contributed by atoms with Crippen molar-refractivity contribution in [3.05, 3.63) is 77.2 Å². The molecule has 0 fully saturated rings. The number of nitrogens with zero attached hydrogens (tertiary/aromatic N) is 1. The van der Waals surface area contributed by atoms with Gasteiger partial charge in [0.25, 0.3) is 15.9 Å². The molecule has 0 bridgehead atoms. The summed E-state index contributed by atoms with van der Waals surface area (Å²) in [5.41, 5.74) is 1.33.